The number of quaternary nitrogens is 1. The molecule has 0 radical (unpaired) electrons. The zero-order valence-corrected chi connectivity index (χ0v) is 51.5. The molecule has 0 aliphatic heterocycles. The second kappa shape index (κ2) is 56.2. The van der Waals surface area contributed by atoms with Crippen LogP contribution >= 0.6 is 7.82 Å². The molecular weight excluding hydrogens is 976 g/mol. The predicted molar refractivity (Wildman–Crippen MR) is 330 cm³/mol. The van der Waals surface area contributed by atoms with Crippen LogP contribution in [0.4, 0.5) is 0 Å². The van der Waals surface area contributed by atoms with Crippen molar-refractivity contribution in [1.82, 2.24) is 5.32 Å². The summed E-state index contributed by atoms with van der Waals surface area (Å²) in [5, 5.41) is 3.01. The minimum Gasteiger partial charge on any atom is -0.756 e. The van der Waals surface area contributed by atoms with E-state index in [4.69, 9.17) is 13.8 Å². The molecule has 0 saturated heterocycles. The number of rotatable bonds is 56. The Morgan fingerprint density at radius 3 is 1.22 bits per heavy atom. The van der Waals surface area contributed by atoms with Crippen LogP contribution in [-0.2, 0) is 27.9 Å². The molecule has 0 aromatic carbocycles. The molecule has 0 aromatic rings. The van der Waals surface area contributed by atoms with Crippen molar-refractivity contribution in [2.45, 2.75) is 277 Å². The number of esters is 1. The Kier molecular flexibility index (Phi) is 54.0. The van der Waals surface area contributed by atoms with E-state index in [1.165, 1.54) is 109 Å². The van der Waals surface area contributed by atoms with E-state index in [0.29, 0.717) is 23.9 Å². The Morgan fingerprint density at radius 1 is 0.455 bits per heavy atom. The third kappa shape index (κ3) is 57.4. The molecule has 0 fully saturated rings. The van der Waals surface area contributed by atoms with Gasteiger partial charge in [0.25, 0.3) is 7.82 Å². The largest absolute Gasteiger partial charge is 0.756 e. The molecule has 0 saturated carbocycles. The van der Waals surface area contributed by atoms with Crippen molar-refractivity contribution in [3.05, 3.63) is 97.2 Å². The van der Waals surface area contributed by atoms with Gasteiger partial charge in [-0.05, 0) is 115 Å². The van der Waals surface area contributed by atoms with Crippen molar-refractivity contribution in [1.29, 1.82) is 0 Å². The average Bonchev–Trinajstić information content (AvgIpc) is 3.39. The van der Waals surface area contributed by atoms with Crippen molar-refractivity contribution in [3.63, 3.8) is 0 Å². The summed E-state index contributed by atoms with van der Waals surface area (Å²) in [6, 6.07) is -0.916. The van der Waals surface area contributed by atoms with Crippen LogP contribution in [0.25, 0.3) is 0 Å². The number of hydrogen-bond acceptors (Lipinski definition) is 7. The number of amides is 1. The fourth-order valence-corrected chi connectivity index (χ4v) is 9.29. The molecule has 444 valence electrons. The summed E-state index contributed by atoms with van der Waals surface area (Å²) in [6.07, 6.45) is 75.1. The maximum atomic E-state index is 13.5. The highest BCUT2D eigenvalue weighted by Crippen LogP contribution is 2.38. The lowest BCUT2D eigenvalue weighted by Crippen LogP contribution is -2.47. The van der Waals surface area contributed by atoms with Crippen molar-refractivity contribution in [2.75, 3.05) is 40.9 Å². The van der Waals surface area contributed by atoms with Gasteiger partial charge in [0.05, 0.1) is 33.8 Å². The number of hydrogen-bond donors (Lipinski definition) is 1. The molecule has 10 heteroatoms. The molecule has 0 aliphatic rings. The van der Waals surface area contributed by atoms with E-state index in [1.54, 1.807) is 0 Å². The second-order valence-electron chi connectivity index (χ2n) is 22.2. The first-order valence-electron chi connectivity index (χ1n) is 31.5. The number of carbonyl (C=O) groups is 2. The highest BCUT2D eigenvalue weighted by molar-refractivity contribution is 7.45. The van der Waals surface area contributed by atoms with Gasteiger partial charge in [0.2, 0.25) is 5.91 Å². The highest BCUT2D eigenvalue weighted by Gasteiger charge is 2.27. The fraction of sp³-hybridized carbons (Fsp3) is 0.731. The third-order valence-electron chi connectivity index (χ3n) is 13.5. The maximum Gasteiger partial charge on any atom is 0.306 e. The number of nitrogens with one attached hydrogen (secondary N) is 1. The molecule has 1 amide bonds. The number of ether oxygens (including phenoxy) is 1. The summed E-state index contributed by atoms with van der Waals surface area (Å²) in [5.41, 5.74) is 0. The average molecular weight is 1100 g/mol. The summed E-state index contributed by atoms with van der Waals surface area (Å²) < 4.78 is 30.3. The Labute approximate surface area is 475 Å². The van der Waals surface area contributed by atoms with Gasteiger partial charge in [0.15, 0.2) is 0 Å². The third-order valence-corrected chi connectivity index (χ3v) is 14.5. The van der Waals surface area contributed by atoms with Gasteiger partial charge in [-0.25, -0.2) is 0 Å². The number of nitrogens with zero attached hydrogens (tertiary/aromatic N) is 1. The Morgan fingerprint density at radius 2 is 0.792 bits per heavy atom. The van der Waals surface area contributed by atoms with Gasteiger partial charge in [-0.3, -0.25) is 14.2 Å². The van der Waals surface area contributed by atoms with Crippen molar-refractivity contribution in [2.24, 2.45) is 0 Å². The molecule has 0 rings (SSSR count). The smallest absolute Gasteiger partial charge is 0.306 e. The molecule has 0 aromatic heterocycles. The lowest BCUT2D eigenvalue weighted by atomic mass is 10.0. The maximum absolute atomic E-state index is 13.5. The molecule has 9 nitrogen and oxygen atoms in total. The molecule has 77 heavy (non-hydrogen) atoms. The Balaban J connectivity index is 5.38. The molecule has 0 aliphatic carbocycles. The Bertz CT molecular complexity index is 1640. The van der Waals surface area contributed by atoms with Gasteiger partial charge in [-0.1, -0.05) is 234 Å². The standard InChI is InChI=1S/C67H119N2O7P/c1-7-10-13-16-19-22-25-28-30-32-34-36-38-41-44-47-50-53-56-59-66(70)68-64(63-75-77(72,73)74-62-61-69(4,5)6)65(58-55-52-49-46-43-40-27-24-21-18-15-12-9-3)76-67(71)60-57-54-51-48-45-42-39-37-35-33-31-29-26-23-20-17-14-11-8-2/h19-20,22-23,28-31,34-37,41,44,55,58,64-65H,7-18,21,24-27,32-33,38-40,42-43,45-54,56-57,59-63H2,1-6H3,(H-,68,70,72,73)/b22-19-,23-20-,30-28-,31-29-,36-34-,37-35-,44-41-,58-55+. The SMILES string of the molecule is CCCCC/C=C\C/C=C\C/C=C\C/C=C\CCCCCC(=O)NC(COP(=O)([O-])OCC[N+](C)(C)C)C(/C=C/CCCCCCCCCCCCC)OC(=O)CCCCCCCC/C=C\C/C=C\C/C=C\CCCCC. The molecule has 0 spiro atoms. The van der Waals surface area contributed by atoms with E-state index in [-0.39, 0.29) is 31.3 Å². The minimum atomic E-state index is -4.72. The normalized spacial score (nSPS) is 14.3. The van der Waals surface area contributed by atoms with E-state index < -0.39 is 26.6 Å². The zero-order valence-electron chi connectivity index (χ0n) is 50.6. The Hall–Kier alpha value is -3.07. The minimum absolute atomic E-state index is 0.0355. The summed E-state index contributed by atoms with van der Waals surface area (Å²) in [6.45, 7) is 6.75. The van der Waals surface area contributed by atoms with Crippen LogP contribution in [-0.4, -0.2) is 69.4 Å². The quantitative estimate of drug-likeness (QED) is 0.0212. The molecule has 0 heterocycles. The topological polar surface area (TPSA) is 114 Å². The van der Waals surface area contributed by atoms with Gasteiger partial charge < -0.3 is 28.5 Å². The van der Waals surface area contributed by atoms with Gasteiger partial charge in [-0.15, -0.1) is 0 Å². The summed E-state index contributed by atoms with van der Waals surface area (Å²) in [4.78, 5) is 40.0. The first-order valence-corrected chi connectivity index (χ1v) is 33.0. The van der Waals surface area contributed by atoms with Gasteiger partial charge >= 0.3 is 5.97 Å². The van der Waals surface area contributed by atoms with Crippen LogP contribution < -0.4 is 10.2 Å². The molecular formula is C67H119N2O7P. The van der Waals surface area contributed by atoms with Crippen LogP contribution in [0.15, 0.2) is 97.2 Å². The highest BCUT2D eigenvalue weighted by atomic mass is 31.2. The molecule has 3 unspecified atom stereocenters. The van der Waals surface area contributed by atoms with Gasteiger partial charge in [-0.2, -0.15) is 0 Å². The summed E-state index contributed by atoms with van der Waals surface area (Å²) in [5.74, 6) is -0.594. The molecule has 1 N–H and O–H groups in total. The number of carbonyl (C=O) groups excluding carboxylic acids is 2. The predicted octanol–water partition coefficient (Wildman–Crippen LogP) is 18.9. The summed E-state index contributed by atoms with van der Waals surface area (Å²) >= 11 is 0. The number of allylic oxidation sites excluding steroid dienone is 15. The van der Waals surface area contributed by atoms with Crippen LogP contribution in [0, 0.1) is 0 Å². The van der Waals surface area contributed by atoms with Crippen LogP contribution in [0.3, 0.4) is 0 Å². The summed E-state index contributed by atoms with van der Waals surface area (Å²) in [7, 11) is 1.14. The van der Waals surface area contributed by atoms with Crippen LogP contribution in [0.5, 0.6) is 0 Å². The number of unbranched alkanes of at least 4 members (excludes halogenated alkanes) is 26. The van der Waals surface area contributed by atoms with Crippen LogP contribution in [0.2, 0.25) is 0 Å². The van der Waals surface area contributed by atoms with E-state index in [0.717, 1.165) is 109 Å². The molecule has 3 atom stereocenters. The number of phosphoric ester groups is 1. The van der Waals surface area contributed by atoms with Gasteiger partial charge in [0.1, 0.15) is 19.3 Å². The molecule has 0 bridgehead atoms. The van der Waals surface area contributed by atoms with Crippen molar-refractivity contribution < 1.29 is 37.3 Å². The van der Waals surface area contributed by atoms with E-state index >= 15 is 0 Å². The van der Waals surface area contributed by atoms with Crippen molar-refractivity contribution >= 4 is 19.7 Å². The fourth-order valence-electron chi connectivity index (χ4n) is 8.57. The monoisotopic (exact) mass is 1090 g/mol. The lowest BCUT2D eigenvalue weighted by molar-refractivity contribution is -0.870. The van der Waals surface area contributed by atoms with Crippen molar-refractivity contribution in [3.8, 4) is 0 Å². The van der Waals surface area contributed by atoms with E-state index in [9.17, 15) is 19.0 Å². The second-order valence-corrected chi connectivity index (χ2v) is 23.6. The van der Waals surface area contributed by atoms with E-state index in [1.807, 2.05) is 33.3 Å². The number of phosphoric acid groups is 1. The lowest BCUT2D eigenvalue weighted by Gasteiger charge is -2.30. The first-order chi connectivity index (χ1) is 37.4. The van der Waals surface area contributed by atoms with Gasteiger partial charge in [0, 0.05) is 12.8 Å². The zero-order chi connectivity index (χ0) is 56.4. The van der Waals surface area contributed by atoms with E-state index in [2.05, 4.69) is 111 Å². The number of likely N-dealkylation sites (N-methyl/N-ethyl adjacent to an activating group) is 1. The van der Waals surface area contributed by atoms with Crippen LogP contribution in [0.1, 0.15) is 265 Å². The first kappa shape index (κ1) is 73.9.